The number of anilines is 1. The molecule has 0 radical (unpaired) electrons. The van der Waals surface area contributed by atoms with E-state index in [1.807, 2.05) is 0 Å². The fourth-order valence-corrected chi connectivity index (χ4v) is 2.80. The Balaban J connectivity index is 2.03. The van der Waals surface area contributed by atoms with Crippen LogP contribution in [0.15, 0.2) is 53.7 Å². The molecule has 0 saturated heterocycles. The van der Waals surface area contributed by atoms with Gasteiger partial charge in [-0.05, 0) is 36.4 Å². The van der Waals surface area contributed by atoms with E-state index in [1.54, 1.807) is 12.1 Å². The van der Waals surface area contributed by atoms with Gasteiger partial charge in [-0.25, -0.2) is 13.1 Å². The van der Waals surface area contributed by atoms with Crippen LogP contribution < -0.4 is 10.0 Å². The Morgan fingerprint density at radius 3 is 2.39 bits per heavy atom. The lowest BCUT2D eigenvalue weighted by Crippen LogP contribution is -2.27. The number of methoxy groups -OCH3 is 1. The number of hydrogen-bond acceptors (Lipinski definition) is 5. The van der Waals surface area contributed by atoms with Gasteiger partial charge in [-0.2, -0.15) is 0 Å². The van der Waals surface area contributed by atoms with Gasteiger partial charge in [0.25, 0.3) is 5.91 Å². The second-order valence-electron chi connectivity index (χ2n) is 4.60. The Labute approximate surface area is 134 Å². The van der Waals surface area contributed by atoms with Crippen LogP contribution in [0.1, 0.15) is 10.4 Å². The molecule has 0 aliphatic rings. The van der Waals surface area contributed by atoms with E-state index in [9.17, 15) is 13.2 Å². The molecule has 0 fully saturated rings. The molecule has 0 aliphatic heterocycles. The molecule has 7 nitrogen and oxygen atoms in total. The molecule has 0 spiro atoms. The van der Waals surface area contributed by atoms with Gasteiger partial charge in [0.1, 0.15) is 0 Å². The first kappa shape index (κ1) is 17.1. The van der Waals surface area contributed by atoms with E-state index in [-0.39, 0.29) is 17.3 Å². The summed E-state index contributed by atoms with van der Waals surface area (Å²) in [5, 5.41) is 2.69. The van der Waals surface area contributed by atoms with Gasteiger partial charge in [0.2, 0.25) is 10.0 Å². The maximum atomic E-state index is 12.0. The third kappa shape index (κ3) is 4.85. The standard InChI is InChI=1S/C15H17N3O4S/c1-22-11-10-17-23(20,21)14-4-2-13(3-5-14)18-15(19)12-6-8-16-9-7-12/h2-9,17H,10-11H2,1H3,(H,18,19). The number of rotatable bonds is 7. The zero-order chi connectivity index (χ0) is 16.7. The number of nitrogens with one attached hydrogen (secondary N) is 2. The van der Waals surface area contributed by atoms with Crippen molar-refractivity contribution in [2.75, 3.05) is 25.6 Å². The van der Waals surface area contributed by atoms with E-state index >= 15 is 0 Å². The first-order valence-electron chi connectivity index (χ1n) is 6.83. The molecule has 8 heteroatoms. The van der Waals surface area contributed by atoms with Gasteiger partial charge in [-0.15, -0.1) is 0 Å². The van der Waals surface area contributed by atoms with Gasteiger partial charge < -0.3 is 10.1 Å². The quantitative estimate of drug-likeness (QED) is 0.743. The highest BCUT2D eigenvalue weighted by Crippen LogP contribution is 2.14. The van der Waals surface area contributed by atoms with Crippen molar-refractivity contribution in [3.8, 4) is 0 Å². The number of aromatic nitrogens is 1. The van der Waals surface area contributed by atoms with Crippen LogP contribution in [0, 0.1) is 0 Å². The first-order chi connectivity index (χ1) is 11.0. The largest absolute Gasteiger partial charge is 0.383 e. The summed E-state index contributed by atoms with van der Waals surface area (Å²) in [7, 11) is -2.09. The van der Waals surface area contributed by atoms with Crippen LogP contribution in [-0.2, 0) is 14.8 Å². The summed E-state index contributed by atoms with van der Waals surface area (Å²) >= 11 is 0. The van der Waals surface area contributed by atoms with E-state index < -0.39 is 10.0 Å². The second-order valence-corrected chi connectivity index (χ2v) is 6.37. The van der Waals surface area contributed by atoms with Crippen LogP contribution in [-0.4, -0.2) is 39.6 Å². The van der Waals surface area contributed by atoms with Crippen LogP contribution in [0.25, 0.3) is 0 Å². The zero-order valence-corrected chi connectivity index (χ0v) is 13.3. The molecule has 0 atom stereocenters. The average molecular weight is 335 g/mol. The van der Waals surface area contributed by atoms with Crippen molar-refractivity contribution < 1.29 is 17.9 Å². The molecular weight excluding hydrogens is 318 g/mol. The molecular formula is C15H17N3O4S. The zero-order valence-electron chi connectivity index (χ0n) is 12.5. The van der Waals surface area contributed by atoms with E-state index in [2.05, 4.69) is 15.0 Å². The smallest absolute Gasteiger partial charge is 0.255 e. The van der Waals surface area contributed by atoms with Gasteiger partial charge in [0.05, 0.1) is 11.5 Å². The monoisotopic (exact) mass is 335 g/mol. The maximum absolute atomic E-state index is 12.0. The second kappa shape index (κ2) is 7.82. The number of hydrogen-bond donors (Lipinski definition) is 2. The SMILES string of the molecule is COCCNS(=O)(=O)c1ccc(NC(=O)c2ccncc2)cc1. The fraction of sp³-hybridized carbons (Fsp3) is 0.200. The number of carbonyl (C=O) groups is 1. The molecule has 1 amide bonds. The summed E-state index contributed by atoms with van der Waals surface area (Å²) in [5.74, 6) is -0.291. The minimum atomic E-state index is -3.58. The number of pyridine rings is 1. The maximum Gasteiger partial charge on any atom is 0.255 e. The topological polar surface area (TPSA) is 97.4 Å². The van der Waals surface area contributed by atoms with Crippen molar-refractivity contribution in [3.63, 3.8) is 0 Å². The summed E-state index contributed by atoms with van der Waals surface area (Å²) in [4.78, 5) is 15.9. The Kier molecular flexibility index (Phi) is 5.80. The highest BCUT2D eigenvalue weighted by atomic mass is 32.2. The lowest BCUT2D eigenvalue weighted by atomic mass is 10.2. The van der Waals surface area contributed by atoms with Crippen LogP contribution in [0.2, 0.25) is 0 Å². The summed E-state index contributed by atoms with van der Waals surface area (Å²) in [6.45, 7) is 0.485. The van der Waals surface area contributed by atoms with Crippen molar-refractivity contribution in [2.45, 2.75) is 4.90 Å². The lowest BCUT2D eigenvalue weighted by molar-refractivity contribution is 0.102. The minimum Gasteiger partial charge on any atom is -0.383 e. The van der Waals surface area contributed by atoms with Crippen molar-refractivity contribution in [2.24, 2.45) is 0 Å². The Morgan fingerprint density at radius 2 is 1.78 bits per heavy atom. The Bertz CT molecular complexity index is 746. The number of sulfonamides is 1. The molecule has 1 heterocycles. The molecule has 1 aromatic heterocycles. The van der Waals surface area contributed by atoms with Crippen molar-refractivity contribution in [1.82, 2.24) is 9.71 Å². The van der Waals surface area contributed by atoms with E-state index in [0.717, 1.165) is 0 Å². The summed E-state index contributed by atoms with van der Waals surface area (Å²) in [6, 6.07) is 9.10. The molecule has 122 valence electrons. The fourth-order valence-electron chi connectivity index (χ4n) is 1.79. The van der Waals surface area contributed by atoms with Crippen molar-refractivity contribution >= 4 is 21.6 Å². The van der Waals surface area contributed by atoms with E-state index in [1.165, 1.54) is 43.8 Å². The van der Waals surface area contributed by atoms with Gasteiger partial charge in [0.15, 0.2) is 0 Å². The molecule has 2 rings (SSSR count). The average Bonchev–Trinajstić information content (AvgIpc) is 2.56. The number of amides is 1. The molecule has 0 bridgehead atoms. The number of nitrogens with zero attached hydrogens (tertiary/aromatic N) is 1. The number of carbonyl (C=O) groups excluding carboxylic acids is 1. The molecule has 23 heavy (non-hydrogen) atoms. The van der Waals surface area contributed by atoms with Gasteiger partial charge in [0, 0.05) is 37.3 Å². The van der Waals surface area contributed by atoms with E-state index in [4.69, 9.17) is 4.74 Å². The third-order valence-corrected chi connectivity index (χ3v) is 4.44. The normalized spacial score (nSPS) is 11.2. The van der Waals surface area contributed by atoms with Crippen LogP contribution in [0.5, 0.6) is 0 Å². The Morgan fingerprint density at radius 1 is 1.13 bits per heavy atom. The van der Waals surface area contributed by atoms with Crippen molar-refractivity contribution in [3.05, 3.63) is 54.4 Å². The third-order valence-electron chi connectivity index (χ3n) is 2.96. The van der Waals surface area contributed by atoms with Gasteiger partial charge in [-0.3, -0.25) is 9.78 Å². The Hall–Kier alpha value is -2.29. The first-order valence-corrected chi connectivity index (χ1v) is 8.31. The van der Waals surface area contributed by atoms with Gasteiger partial charge in [-0.1, -0.05) is 0 Å². The van der Waals surface area contributed by atoms with Crippen LogP contribution >= 0.6 is 0 Å². The molecule has 0 unspecified atom stereocenters. The summed E-state index contributed by atoms with van der Waals surface area (Å²) in [5.41, 5.74) is 0.973. The number of benzene rings is 1. The highest BCUT2D eigenvalue weighted by molar-refractivity contribution is 7.89. The predicted octanol–water partition coefficient (Wildman–Crippen LogP) is 1.26. The lowest BCUT2D eigenvalue weighted by Gasteiger charge is -2.08. The molecule has 0 saturated carbocycles. The van der Waals surface area contributed by atoms with Crippen LogP contribution in [0.3, 0.4) is 0 Å². The molecule has 1 aromatic carbocycles. The molecule has 2 N–H and O–H groups in total. The van der Waals surface area contributed by atoms with E-state index in [0.29, 0.717) is 17.9 Å². The minimum absolute atomic E-state index is 0.121. The molecule has 2 aromatic rings. The predicted molar refractivity (Wildman–Crippen MR) is 85.7 cm³/mol. The van der Waals surface area contributed by atoms with Gasteiger partial charge >= 0.3 is 0 Å². The summed E-state index contributed by atoms with van der Waals surface area (Å²) < 4.78 is 31.2. The summed E-state index contributed by atoms with van der Waals surface area (Å²) in [6.07, 6.45) is 3.05. The highest BCUT2D eigenvalue weighted by Gasteiger charge is 2.13. The van der Waals surface area contributed by atoms with Crippen LogP contribution in [0.4, 0.5) is 5.69 Å². The number of ether oxygens (including phenoxy) is 1. The molecule has 0 aliphatic carbocycles. The van der Waals surface area contributed by atoms with Crippen molar-refractivity contribution in [1.29, 1.82) is 0 Å².